The van der Waals surface area contributed by atoms with Crippen LogP contribution in [0.3, 0.4) is 0 Å². The van der Waals surface area contributed by atoms with Crippen molar-refractivity contribution >= 4 is 0 Å². The lowest BCUT2D eigenvalue weighted by Gasteiger charge is -2.23. The molecule has 2 N–H and O–H groups in total. The van der Waals surface area contributed by atoms with Crippen molar-refractivity contribution in [3.05, 3.63) is 17.3 Å². The van der Waals surface area contributed by atoms with Gasteiger partial charge in [-0.15, -0.1) is 0 Å². The molecule has 0 aliphatic heterocycles. The first-order valence-electron chi connectivity index (χ1n) is 4.47. The van der Waals surface area contributed by atoms with Crippen molar-refractivity contribution in [2.75, 3.05) is 0 Å². The minimum atomic E-state index is 0.410. The van der Waals surface area contributed by atoms with E-state index in [4.69, 9.17) is 10.2 Å². The molecule has 1 aliphatic rings. The number of aryl methyl sites for hydroxylation is 1. The highest BCUT2D eigenvalue weighted by molar-refractivity contribution is 5.15. The van der Waals surface area contributed by atoms with E-state index < -0.39 is 0 Å². The molecule has 0 unspecified atom stereocenters. The van der Waals surface area contributed by atoms with Gasteiger partial charge in [0.1, 0.15) is 5.76 Å². The van der Waals surface area contributed by atoms with Gasteiger partial charge in [-0.3, -0.25) is 0 Å². The van der Waals surface area contributed by atoms with Crippen LogP contribution < -0.4 is 5.73 Å². The molecule has 1 fully saturated rings. The third-order valence-electron chi connectivity index (χ3n) is 2.53. The van der Waals surface area contributed by atoms with Crippen molar-refractivity contribution in [1.29, 1.82) is 0 Å². The first kappa shape index (κ1) is 7.80. The number of nitrogens with two attached hydrogens (primary N) is 1. The second-order valence-corrected chi connectivity index (χ2v) is 3.39. The number of aromatic nitrogens is 1. The molecule has 3 heteroatoms. The summed E-state index contributed by atoms with van der Waals surface area (Å²) >= 11 is 0. The summed E-state index contributed by atoms with van der Waals surface area (Å²) in [5.74, 6) is 2.37. The molecule has 0 amide bonds. The molecule has 1 aromatic heterocycles. The first-order chi connectivity index (χ1) is 5.81. The van der Waals surface area contributed by atoms with Crippen LogP contribution in [0, 0.1) is 6.92 Å². The van der Waals surface area contributed by atoms with Gasteiger partial charge < -0.3 is 10.2 Å². The minimum absolute atomic E-state index is 0.410. The molecule has 3 nitrogen and oxygen atoms in total. The summed E-state index contributed by atoms with van der Waals surface area (Å²) in [5, 5.41) is 0. The van der Waals surface area contributed by atoms with Crippen molar-refractivity contribution in [2.24, 2.45) is 5.73 Å². The van der Waals surface area contributed by atoms with Gasteiger partial charge in [-0.25, -0.2) is 4.98 Å². The smallest absolute Gasteiger partial charge is 0.208 e. The molecule has 0 radical (unpaired) electrons. The number of hydrogen-bond donors (Lipinski definition) is 1. The zero-order valence-corrected chi connectivity index (χ0v) is 7.34. The fourth-order valence-electron chi connectivity index (χ4n) is 1.60. The molecule has 0 bridgehead atoms. The SMILES string of the molecule is Cc1nc(CN)oc1C1CCC1. The van der Waals surface area contributed by atoms with Crippen LogP contribution in [0.15, 0.2) is 4.42 Å². The van der Waals surface area contributed by atoms with E-state index in [-0.39, 0.29) is 0 Å². The summed E-state index contributed by atoms with van der Waals surface area (Å²) in [6, 6.07) is 0. The molecule has 66 valence electrons. The van der Waals surface area contributed by atoms with Crippen molar-refractivity contribution in [2.45, 2.75) is 38.6 Å². The Kier molecular flexibility index (Phi) is 1.89. The van der Waals surface area contributed by atoms with Gasteiger partial charge in [-0.05, 0) is 19.8 Å². The highest BCUT2D eigenvalue weighted by Gasteiger charge is 2.25. The topological polar surface area (TPSA) is 52.0 Å². The molecule has 1 aliphatic carbocycles. The molecule has 0 aromatic carbocycles. The van der Waals surface area contributed by atoms with Gasteiger partial charge >= 0.3 is 0 Å². The van der Waals surface area contributed by atoms with Crippen molar-refractivity contribution in [3.8, 4) is 0 Å². The molecular formula is C9H14N2O. The van der Waals surface area contributed by atoms with E-state index in [1.54, 1.807) is 0 Å². The standard InChI is InChI=1S/C9H14N2O/c1-6-9(7-3-2-4-7)12-8(5-10)11-6/h7H,2-5,10H2,1H3. The Labute approximate surface area is 72.0 Å². The van der Waals surface area contributed by atoms with Crippen LogP contribution in [0.2, 0.25) is 0 Å². The number of hydrogen-bond acceptors (Lipinski definition) is 3. The normalized spacial score (nSPS) is 17.8. The Balaban J connectivity index is 2.23. The summed E-state index contributed by atoms with van der Waals surface area (Å²) in [6.07, 6.45) is 3.82. The van der Waals surface area contributed by atoms with Crippen molar-refractivity contribution < 1.29 is 4.42 Å². The van der Waals surface area contributed by atoms with E-state index in [1.807, 2.05) is 6.92 Å². The monoisotopic (exact) mass is 166 g/mol. The number of rotatable bonds is 2. The molecule has 0 atom stereocenters. The number of oxazole rings is 1. The van der Waals surface area contributed by atoms with Gasteiger partial charge in [0, 0.05) is 5.92 Å². The highest BCUT2D eigenvalue weighted by Crippen LogP contribution is 2.38. The largest absolute Gasteiger partial charge is 0.444 e. The number of nitrogens with zero attached hydrogens (tertiary/aromatic N) is 1. The zero-order chi connectivity index (χ0) is 8.55. The summed E-state index contributed by atoms with van der Waals surface area (Å²) in [4.78, 5) is 4.24. The van der Waals surface area contributed by atoms with Gasteiger partial charge in [-0.1, -0.05) is 6.42 Å². The van der Waals surface area contributed by atoms with Gasteiger partial charge in [0.15, 0.2) is 0 Å². The van der Waals surface area contributed by atoms with E-state index in [0.29, 0.717) is 18.4 Å². The van der Waals surface area contributed by atoms with Gasteiger partial charge in [0.25, 0.3) is 0 Å². The summed E-state index contributed by atoms with van der Waals surface area (Å²) in [7, 11) is 0. The maximum Gasteiger partial charge on any atom is 0.208 e. The molecule has 1 saturated carbocycles. The van der Waals surface area contributed by atoms with E-state index >= 15 is 0 Å². The highest BCUT2D eigenvalue weighted by atomic mass is 16.4. The van der Waals surface area contributed by atoms with E-state index in [1.165, 1.54) is 19.3 Å². The quantitative estimate of drug-likeness (QED) is 0.727. The molecule has 2 rings (SSSR count). The maximum atomic E-state index is 5.53. The Morgan fingerprint density at radius 1 is 1.58 bits per heavy atom. The second-order valence-electron chi connectivity index (χ2n) is 3.39. The van der Waals surface area contributed by atoms with Crippen LogP contribution in [-0.4, -0.2) is 4.98 Å². The lowest BCUT2D eigenvalue weighted by atomic mass is 9.83. The molecule has 0 saturated heterocycles. The van der Waals surface area contributed by atoms with Gasteiger partial charge in [-0.2, -0.15) is 0 Å². The van der Waals surface area contributed by atoms with Crippen LogP contribution in [0.25, 0.3) is 0 Å². The predicted molar refractivity (Wildman–Crippen MR) is 45.7 cm³/mol. The van der Waals surface area contributed by atoms with Crippen molar-refractivity contribution in [3.63, 3.8) is 0 Å². The lowest BCUT2D eigenvalue weighted by molar-refractivity contribution is 0.333. The zero-order valence-electron chi connectivity index (χ0n) is 7.34. The average Bonchev–Trinajstić information content (AvgIpc) is 2.29. The van der Waals surface area contributed by atoms with Crippen LogP contribution in [0.4, 0.5) is 0 Å². The van der Waals surface area contributed by atoms with Gasteiger partial charge in [0.05, 0.1) is 12.2 Å². The fourth-order valence-corrected chi connectivity index (χ4v) is 1.60. The maximum absolute atomic E-state index is 5.53. The van der Waals surface area contributed by atoms with E-state index in [9.17, 15) is 0 Å². The Hall–Kier alpha value is -0.830. The van der Waals surface area contributed by atoms with Gasteiger partial charge in [0.2, 0.25) is 5.89 Å². The fraction of sp³-hybridized carbons (Fsp3) is 0.667. The molecule has 12 heavy (non-hydrogen) atoms. The van der Waals surface area contributed by atoms with Crippen LogP contribution in [0.1, 0.15) is 42.5 Å². The Morgan fingerprint density at radius 3 is 2.75 bits per heavy atom. The van der Waals surface area contributed by atoms with Crippen LogP contribution in [-0.2, 0) is 6.54 Å². The molecule has 1 aromatic rings. The third-order valence-corrected chi connectivity index (χ3v) is 2.53. The van der Waals surface area contributed by atoms with Crippen LogP contribution >= 0.6 is 0 Å². The van der Waals surface area contributed by atoms with Crippen LogP contribution in [0.5, 0.6) is 0 Å². The first-order valence-corrected chi connectivity index (χ1v) is 4.47. The molecular weight excluding hydrogens is 152 g/mol. The second kappa shape index (κ2) is 2.90. The average molecular weight is 166 g/mol. The lowest BCUT2D eigenvalue weighted by Crippen LogP contribution is -2.08. The van der Waals surface area contributed by atoms with E-state index in [2.05, 4.69) is 4.98 Å². The summed E-state index contributed by atoms with van der Waals surface area (Å²) in [5.41, 5.74) is 6.46. The molecule has 0 spiro atoms. The minimum Gasteiger partial charge on any atom is -0.444 e. The molecule has 1 heterocycles. The summed E-state index contributed by atoms with van der Waals surface area (Å²) in [6.45, 7) is 2.41. The van der Waals surface area contributed by atoms with E-state index in [0.717, 1.165) is 11.5 Å². The summed E-state index contributed by atoms with van der Waals surface area (Å²) < 4.78 is 5.53. The Morgan fingerprint density at radius 2 is 2.33 bits per heavy atom. The van der Waals surface area contributed by atoms with Crippen molar-refractivity contribution in [1.82, 2.24) is 4.98 Å². The third kappa shape index (κ3) is 1.14. The Bertz CT molecular complexity index is 276. The predicted octanol–water partition coefficient (Wildman–Crippen LogP) is 1.71.